The fourth-order valence-electron chi connectivity index (χ4n) is 2.79. The van der Waals surface area contributed by atoms with Crippen LogP contribution in [0.5, 0.6) is 5.75 Å². The van der Waals surface area contributed by atoms with Crippen LogP contribution in [0.25, 0.3) is 11.3 Å². The van der Waals surface area contributed by atoms with E-state index in [1.165, 1.54) is 11.3 Å². The van der Waals surface area contributed by atoms with Crippen molar-refractivity contribution < 1.29 is 9.53 Å². The standard InChI is InChI=1S/C22H22N2O2S/c1-4-12-24(21(25)14-17-11-10-16(2)20(13-17)26-3)22-23-19(15-27-22)18-8-6-5-7-9-18/h4-11,13,15H,1,12,14H2,2-3H3. The Morgan fingerprint density at radius 1 is 1.26 bits per heavy atom. The van der Waals surface area contributed by atoms with Crippen molar-refractivity contribution in [1.82, 2.24) is 4.98 Å². The number of amides is 1. The van der Waals surface area contributed by atoms with Crippen LogP contribution in [0.2, 0.25) is 0 Å². The summed E-state index contributed by atoms with van der Waals surface area (Å²) in [7, 11) is 1.64. The number of nitrogens with zero attached hydrogens (tertiary/aromatic N) is 2. The fourth-order valence-corrected chi connectivity index (χ4v) is 3.65. The summed E-state index contributed by atoms with van der Waals surface area (Å²) in [6.07, 6.45) is 2.00. The van der Waals surface area contributed by atoms with Crippen molar-refractivity contribution >= 4 is 22.4 Å². The molecule has 0 atom stereocenters. The number of benzene rings is 2. The maximum atomic E-state index is 12.9. The minimum atomic E-state index is -0.0187. The van der Waals surface area contributed by atoms with Gasteiger partial charge in [-0.25, -0.2) is 4.98 Å². The van der Waals surface area contributed by atoms with E-state index in [0.717, 1.165) is 28.1 Å². The fraction of sp³-hybridized carbons (Fsp3) is 0.182. The summed E-state index contributed by atoms with van der Waals surface area (Å²) in [6, 6.07) is 15.8. The maximum Gasteiger partial charge on any atom is 0.233 e. The van der Waals surface area contributed by atoms with Crippen LogP contribution in [-0.4, -0.2) is 24.5 Å². The largest absolute Gasteiger partial charge is 0.496 e. The highest BCUT2D eigenvalue weighted by atomic mass is 32.1. The third kappa shape index (κ3) is 4.44. The lowest BCUT2D eigenvalue weighted by atomic mass is 10.1. The van der Waals surface area contributed by atoms with E-state index in [0.29, 0.717) is 11.7 Å². The predicted molar refractivity (Wildman–Crippen MR) is 112 cm³/mol. The van der Waals surface area contributed by atoms with Crippen molar-refractivity contribution in [2.75, 3.05) is 18.6 Å². The van der Waals surface area contributed by atoms with Gasteiger partial charge in [-0.15, -0.1) is 17.9 Å². The van der Waals surface area contributed by atoms with Gasteiger partial charge in [-0.1, -0.05) is 48.5 Å². The van der Waals surface area contributed by atoms with Gasteiger partial charge in [0.25, 0.3) is 0 Å². The second kappa shape index (κ2) is 8.64. The molecule has 3 rings (SSSR count). The van der Waals surface area contributed by atoms with Gasteiger partial charge in [0, 0.05) is 17.5 Å². The monoisotopic (exact) mass is 378 g/mol. The molecule has 0 N–H and O–H groups in total. The van der Waals surface area contributed by atoms with Gasteiger partial charge in [0.2, 0.25) is 5.91 Å². The van der Waals surface area contributed by atoms with Gasteiger partial charge in [-0.3, -0.25) is 9.69 Å². The van der Waals surface area contributed by atoms with E-state index in [2.05, 4.69) is 11.6 Å². The molecule has 1 amide bonds. The Labute approximate surface area is 163 Å². The van der Waals surface area contributed by atoms with E-state index in [-0.39, 0.29) is 12.3 Å². The second-order valence-corrected chi connectivity index (χ2v) is 6.99. The quantitative estimate of drug-likeness (QED) is 0.550. The van der Waals surface area contributed by atoms with Gasteiger partial charge in [0.1, 0.15) is 5.75 Å². The Kier molecular flexibility index (Phi) is 6.04. The molecule has 0 unspecified atom stereocenters. The maximum absolute atomic E-state index is 12.9. The Balaban J connectivity index is 1.82. The van der Waals surface area contributed by atoms with Gasteiger partial charge in [0.05, 0.1) is 19.2 Å². The van der Waals surface area contributed by atoms with Gasteiger partial charge in [-0.05, 0) is 24.1 Å². The Morgan fingerprint density at radius 2 is 2.04 bits per heavy atom. The Bertz CT molecular complexity index is 934. The zero-order valence-electron chi connectivity index (χ0n) is 15.5. The number of thiazole rings is 1. The first-order valence-electron chi connectivity index (χ1n) is 8.68. The SMILES string of the molecule is C=CCN(C(=O)Cc1ccc(C)c(OC)c1)c1nc(-c2ccccc2)cs1. The molecule has 0 fully saturated rings. The number of aryl methyl sites for hydroxylation is 1. The molecule has 0 radical (unpaired) electrons. The highest BCUT2D eigenvalue weighted by molar-refractivity contribution is 7.14. The van der Waals surface area contributed by atoms with Crippen LogP contribution in [0.3, 0.4) is 0 Å². The van der Waals surface area contributed by atoms with Gasteiger partial charge >= 0.3 is 0 Å². The topological polar surface area (TPSA) is 42.4 Å². The lowest BCUT2D eigenvalue weighted by molar-refractivity contribution is -0.117. The predicted octanol–water partition coefficient (Wildman–Crippen LogP) is 4.89. The minimum Gasteiger partial charge on any atom is -0.496 e. The van der Waals surface area contributed by atoms with E-state index in [4.69, 9.17) is 4.74 Å². The molecule has 4 nitrogen and oxygen atoms in total. The van der Waals surface area contributed by atoms with Crippen molar-refractivity contribution in [2.24, 2.45) is 0 Å². The van der Waals surface area contributed by atoms with Crippen LogP contribution >= 0.6 is 11.3 Å². The average molecular weight is 378 g/mol. The number of anilines is 1. The van der Waals surface area contributed by atoms with Gasteiger partial charge in [-0.2, -0.15) is 0 Å². The molecule has 0 aliphatic carbocycles. The summed E-state index contributed by atoms with van der Waals surface area (Å²) in [5.41, 5.74) is 3.86. The van der Waals surface area contributed by atoms with Crippen molar-refractivity contribution in [3.63, 3.8) is 0 Å². The average Bonchev–Trinajstić information content (AvgIpc) is 3.18. The van der Waals surface area contributed by atoms with Crippen LogP contribution in [0, 0.1) is 6.92 Å². The van der Waals surface area contributed by atoms with E-state index >= 15 is 0 Å². The molecule has 0 spiro atoms. The third-order valence-electron chi connectivity index (χ3n) is 4.23. The molecule has 1 heterocycles. The first-order chi connectivity index (χ1) is 13.1. The molecule has 138 valence electrons. The first-order valence-corrected chi connectivity index (χ1v) is 9.56. The highest BCUT2D eigenvalue weighted by Gasteiger charge is 2.19. The lowest BCUT2D eigenvalue weighted by Gasteiger charge is -2.18. The van der Waals surface area contributed by atoms with Crippen LogP contribution in [-0.2, 0) is 11.2 Å². The summed E-state index contributed by atoms with van der Waals surface area (Å²) < 4.78 is 5.36. The Hall–Kier alpha value is -2.92. The Morgan fingerprint density at radius 3 is 2.74 bits per heavy atom. The van der Waals surface area contributed by atoms with Crippen LogP contribution < -0.4 is 9.64 Å². The smallest absolute Gasteiger partial charge is 0.233 e. The second-order valence-electron chi connectivity index (χ2n) is 6.16. The molecule has 0 bridgehead atoms. The van der Waals surface area contributed by atoms with Crippen molar-refractivity contribution in [3.05, 3.63) is 77.7 Å². The minimum absolute atomic E-state index is 0.0187. The number of aromatic nitrogens is 1. The van der Waals surface area contributed by atoms with Gasteiger partial charge in [0.15, 0.2) is 5.13 Å². The van der Waals surface area contributed by atoms with Crippen LogP contribution in [0.4, 0.5) is 5.13 Å². The number of hydrogen-bond acceptors (Lipinski definition) is 4. The van der Waals surface area contributed by atoms with Crippen molar-refractivity contribution in [1.29, 1.82) is 0 Å². The van der Waals surface area contributed by atoms with E-state index < -0.39 is 0 Å². The molecule has 0 saturated carbocycles. The van der Waals surface area contributed by atoms with E-state index in [1.54, 1.807) is 18.1 Å². The highest BCUT2D eigenvalue weighted by Crippen LogP contribution is 2.28. The molecule has 1 aromatic heterocycles. The molecule has 0 aliphatic rings. The summed E-state index contributed by atoms with van der Waals surface area (Å²) in [4.78, 5) is 19.3. The van der Waals surface area contributed by atoms with Crippen molar-refractivity contribution in [3.8, 4) is 17.0 Å². The van der Waals surface area contributed by atoms with E-state index in [9.17, 15) is 4.79 Å². The number of hydrogen-bond donors (Lipinski definition) is 0. The molecule has 27 heavy (non-hydrogen) atoms. The molecule has 0 saturated heterocycles. The molecule has 2 aromatic carbocycles. The normalized spacial score (nSPS) is 10.4. The van der Waals surface area contributed by atoms with Gasteiger partial charge < -0.3 is 4.74 Å². The van der Waals surface area contributed by atoms with Crippen LogP contribution in [0.15, 0.2) is 66.6 Å². The number of rotatable bonds is 7. The molecule has 3 aromatic rings. The summed E-state index contributed by atoms with van der Waals surface area (Å²) in [6.45, 7) is 6.18. The third-order valence-corrected chi connectivity index (χ3v) is 5.10. The summed E-state index contributed by atoms with van der Waals surface area (Å²) in [5, 5.41) is 2.65. The van der Waals surface area contributed by atoms with Crippen molar-refractivity contribution in [2.45, 2.75) is 13.3 Å². The van der Waals surface area contributed by atoms with Crippen LogP contribution in [0.1, 0.15) is 11.1 Å². The number of ether oxygens (including phenoxy) is 1. The summed E-state index contributed by atoms with van der Waals surface area (Å²) in [5.74, 6) is 0.769. The lowest BCUT2D eigenvalue weighted by Crippen LogP contribution is -2.32. The summed E-state index contributed by atoms with van der Waals surface area (Å²) >= 11 is 1.46. The number of carbonyl (C=O) groups excluding carboxylic acids is 1. The molecular formula is C22H22N2O2S. The number of methoxy groups -OCH3 is 1. The molecular weight excluding hydrogens is 356 g/mol. The first kappa shape index (κ1) is 18.9. The molecule has 5 heteroatoms. The molecule has 0 aliphatic heterocycles. The zero-order valence-corrected chi connectivity index (χ0v) is 16.3. The van der Waals surface area contributed by atoms with E-state index in [1.807, 2.05) is 60.8 Å². The zero-order chi connectivity index (χ0) is 19.2. The number of carbonyl (C=O) groups is 1.